The van der Waals surface area contributed by atoms with E-state index in [9.17, 15) is 4.39 Å². The van der Waals surface area contributed by atoms with Gasteiger partial charge in [0.1, 0.15) is 5.82 Å². The molecule has 0 aliphatic heterocycles. The highest BCUT2D eigenvalue weighted by Gasteiger charge is 1.98. The van der Waals surface area contributed by atoms with Gasteiger partial charge in [0.2, 0.25) is 0 Å². The predicted octanol–water partition coefficient (Wildman–Crippen LogP) is 2.79. The lowest BCUT2D eigenvalue weighted by atomic mass is 10.2. The summed E-state index contributed by atoms with van der Waals surface area (Å²) in [6.45, 7) is 4.75. The third kappa shape index (κ3) is 3.43. The molecule has 17 heavy (non-hydrogen) atoms. The molecule has 0 saturated heterocycles. The molecule has 0 saturated carbocycles. The Bertz CT molecular complexity index is 459. The van der Waals surface area contributed by atoms with Gasteiger partial charge in [-0.25, -0.2) is 4.39 Å². The Balaban J connectivity index is 1.98. The lowest BCUT2D eigenvalue weighted by Crippen LogP contribution is -2.11. The van der Waals surface area contributed by atoms with Crippen LogP contribution >= 0.6 is 0 Å². The zero-order chi connectivity index (χ0) is 12.1. The lowest BCUT2D eigenvalue weighted by molar-refractivity contribution is 0.626. The van der Waals surface area contributed by atoms with Crippen molar-refractivity contribution < 1.29 is 4.39 Å². The van der Waals surface area contributed by atoms with Crippen LogP contribution in [0.3, 0.4) is 0 Å². The maximum absolute atomic E-state index is 12.8. The molecule has 0 atom stereocenters. The van der Waals surface area contributed by atoms with E-state index in [1.54, 1.807) is 0 Å². The molecule has 2 rings (SSSR count). The van der Waals surface area contributed by atoms with E-state index in [0.29, 0.717) is 0 Å². The van der Waals surface area contributed by atoms with E-state index < -0.39 is 0 Å². The Labute approximate surface area is 101 Å². The van der Waals surface area contributed by atoms with E-state index in [4.69, 9.17) is 0 Å². The monoisotopic (exact) mass is 232 g/mol. The fourth-order valence-corrected chi connectivity index (χ4v) is 1.76. The van der Waals surface area contributed by atoms with Crippen LogP contribution < -0.4 is 5.32 Å². The normalized spacial score (nSPS) is 10.7. The fourth-order valence-electron chi connectivity index (χ4n) is 1.76. The zero-order valence-electron chi connectivity index (χ0n) is 9.99. The molecule has 1 N–H and O–H groups in total. The summed E-state index contributed by atoms with van der Waals surface area (Å²) in [4.78, 5) is 0. The van der Waals surface area contributed by atoms with Crippen LogP contribution in [-0.2, 0) is 13.1 Å². The molecule has 0 amide bonds. The summed E-state index contributed by atoms with van der Waals surface area (Å²) < 4.78 is 14.9. The molecule has 90 valence electrons. The number of halogens is 1. The number of nitrogens with one attached hydrogen (secondary N) is 1. The second-order valence-corrected chi connectivity index (χ2v) is 4.10. The summed E-state index contributed by atoms with van der Waals surface area (Å²) in [6, 6.07) is 8.74. The number of hydrogen-bond donors (Lipinski definition) is 1. The summed E-state index contributed by atoms with van der Waals surface area (Å²) in [5, 5.41) is 3.29. The van der Waals surface area contributed by atoms with Crippen molar-refractivity contribution in [2.45, 2.75) is 20.0 Å². The van der Waals surface area contributed by atoms with Gasteiger partial charge in [-0.3, -0.25) is 0 Å². The molecule has 1 aromatic carbocycles. The number of hydrogen-bond acceptors (Lipinski definition) is 1. The van der Waals surface area contributed by atoms with Gasteiger partial charge in [0.15, 0.2) is 0 Å². The van der Waals surface area contributed by atoms with Gasteiger partial charge in [-0.15, -0.1) is 0 Å². The lowest BCUT2D eigenvalue weighted by Gasteiger charge is -2.03. The highest BCUT2D eigenvalue weighted by Crippen LogP contribution is 2.07. The van der Waals surface area contributed by atoms with E-state index >= 15 is 0 Å². The van der Waals surface area contributed by atoms with E-state index in [2.05, 4.69) is 35.3 Å². The summed E-state index contributed by atoms with van der Waals surface area (Å²) in [5.74, 6) is -0.186. The second kappa shape index (κ2) is 5.64. The molecule has 0 radical (unpaired) electrons. The Morgan fingerprint density at radius 3 is 2.59 bits per heavy atom. The van der Waals surface area contributed by atoms with Gasteiger partial charge in [-0.2, -0.15) is 0 Å². The van der Waals surface area contributed by atoms with Gasteiger partial charge >= 0.3 is 0 Å². The van der Waals surface area contributed by atoms with E-state index in [0.717, 1.165) is 25.2 Å². The molecule has 0 aliphatic carbocycles. The van der Waals surface area contributed by atoms with Gasteiger partial charge in [-0.05, 0) is 35.9 Å². The van der Waals surface area contributed by atoms with Crippen LogP contribution in [0.5, 0.6) is 0 Å². The minimum Gasteiger partial charge on any atom is -0.350 e. The van der Waals surface area contributed by atoms with Crippen molar-refractivity contribution in [3.05, 3.63) is 59.7 Å². The Morgan fingerprint density at radius 2 is 1.88 bits per heavy atom. The molecule has 2 aromatic rings. The fraction of sp³-hybridized carbons (Fsp3) is 0.286. The molecule has 0 bridgehead atoms. The molecule has 1 aromatic heterocycles. The standard InChI is InChI=1S/C14H17FN2/c1-2-16-9-13-7-8-17(11-13)10-12-3-5-14(15)6-4-12/h3-8,11,16H,2,9-10H2,1H3. The van der Waals surface area contributed by atoms with Gasteiger partial charge in [-0.1, -0.05) is 19.1 Å². The van der Waals surface area contributed by atoms with E-state index in [1.807, 2.05) is 12.1 Å². The molecule has 1 heterocycles. The number of rotatable bonds is 5. The average molecular weight is 232 g/mol. The second-order valence-electron chi connectivity index (χ2n) is 4.10. The first kappa shape index (κ1) is 11.9. The van der Waals surface area contributed by atoms with Crippen LogP contribution in [0.1, 0.15) is 18.1 Å². The first-order chi connectivity index (χ1) is 8.28. The molecule has 3 heteroatoms. The quantitative estimate of drug-likeness (QED) is 0.838. The minimum absolute atomic E-state index is 0.186. The average Bonchev–Trinajstić information content (AvgIpc) is 2.77. The van der Waals surface area contributed by atoms with Crippen molar-refractivity contribution in [1.29, 1.82) is 0 Å². The number of nitrogens with zero attached hydrogens (tertiary/aromatic N) is 1. The van der Waals surface area contributed by atoms with Crippen molar-refractivity contribution in [2.24, 2.45) is 0 Å². The highest BCUT2D eigenvalue weighted by atomic mass is 19.1. The first-order valence-electron chi connectivity index (χ1n) is 5.87. The summed E-state index contributed by atoms with van der Waals surface area (Å²) in [5.41, 5.74) is 2.38. The van der Waals surface area contributed by atoms with Crippen LogP contribution in [0.15, 0.2) is 42.7 Å². The Hall–Kier alpha value is -1.61. The van der Waals surface area contributed by atoms with Gasteiger partial charge < -0.3 is 9.88 Å². The van der Waals surface area contributed by atoms with Crippen LogP contribution in [0.4, 0.5) is 4.39 Å². The smallest absolute Gasteiger partial charge is 0.123 e. The Morgan fingerprint density at radius 1 is 1.12 bits per heavy atom. The molecule has 2 nitrogen and oxygen atoms in total. The predicted molar refractivity (Wildman–Crippen MR) is 67.3 cm³/mol. The Kier molecular flexibility index (Phi) is 3.94. The maximum Gasteiger partial charge on any atom is 0.123 e. The van der Waals surface area contributed by atoms with Crippen molar-refractivity contribution in [3.63, 3.8) is 0 Å². The van der Waals surface area contributed by atoms with Crippen molar-refractivity contribution in [1.82, 2.24) is 9.88 Å². The van der Waals surface area contributed by atoms with Crippen LogP contribution in [0.2, 0.25) is 0 Å². The molecular weight excluding hydrogens is 215 g/mol. The van der Waals surface area contributed by atoms with Crippen molar-refractivity contribution >= 4 is 0 Å². The SMILES string of the molecule is CCNCc1ccn(Cc2ccc(F)cc2)c1. The van der Waals surface area contributed by atoms with Crippen LogP contribution in [-0.4, -0.2) is 11.1 Å². The summed E-state index contributed by atoms with van der Waals surface area (Å²) in [7, 11) is 0. The maximum atomic E-state index is 12.8. The van der Waals surface area contributed by atoms with Crippen LogP contribution in [0.25, 0.3) is 0 Å². The number of benzene rings is 1. The molecular formula is C14H17FN2. The third-order valence-electron chi connectivity index (χ3n) is 2.67. The molecule has 0 unspecified atom stereocenters. The molecule has 0 aliphatic rings. The minimum atomic E-state index is -0.186. The van der Waals surface area contributed by atoms with Gasteiger partial charge in [0.05, 0.1) is 0 Å². The summed E-state index contributed by atoms with van der Waals surface area (Å²) in [6.07, 6.45) is 4.17. The first-order valence-corrected chi connectivity index (χ1v) is 5.87. The van der Waals surface area contributed by atoms with Gasteiger partial charge in [0.25, 0.3) is 0 Å². The molecule has 0 spiro atoms. The topological polar surface area (TPSA) is 17.0 Å². The van der Waals surface area contributed by atoms with E-state index in [-0.39, 0.29) is 5.82 Å². The van der Waals surface area contributed by atoms with Crippen LogP contribution in [0, 0.1) is 5.82 Å². The zero-order valence-corrected chi connectivity index (χ0v) is 9.99. The highest BCUT2D eigenvalue weighted by molar-refractivity contribution is 5.18. The third-order valence-corrected chi connectivity index (χ3v) is 2.67. The number of aromatic nitrogens is 1. The van der Waals surface area contributed by atoms with E-state index in [1.165, 1.54) is 17.7 Å². The van der Waals surface area contributed by atoms with Crippen molar-refractivity contribution in [2.75, 3.05) is 6.54 Å². The molecule has 0 fully saturated rings. The van der Waals surface area contributed by atoms with Gasteiger partial charge in [0, 0.05) is 25.5 Å². The summed E-state index contributed by atoms with van der Waals surface area (Å²) >= 11 is 0. The largest absolute Gasteiger partial charge is 0.350 e. The van der Waals surface area contributed by atoms with Crippen molar-refractivity contribution in [3.8, 4) is 0 Å².